The maximum atomic E-state index is 12.6. The summed E-state index contributed by atoms with van der Waals surface area (Å²) in [5.41, 5.74) is 16.1. The van der Waals surface area contributed by atoms with Crippen LogP contribution in [0.3, 0.4) is 0 Å². The molecule has 0 saturated heterocycles. The van der Waals surface area contributed by atoms with Crippen LogP contribution in [0.1, 0.15) is 33.5 Å². The molecule has 0 bridgehead atoms. The van der Waals surface area contributed by atoms with Gasteiger partial charge < -0.3 is 20.9 Å². The Balaban J connectivity index is 1.60. The minimum Gasteiger partial charge on any atom is -0.486 e. The molecule has 1 aliphatic heterocycles. The number of hydrogen-bond donors (Lipinski definition) is 4. The summed E-state index contributed by atoms with van der Waals surface area (Å²) >= 11 is 0. The number of hydrogen-bond acceptors (Lipinski definition) is 6. The third-order valence-corrected chi connectivity index (χ3v) is 5.37. The predicted molar refractivity (Wildman–Crippen MR) is 125 cm³/mol. The van der Waals surface area contributed by atoms with Crippen molar-refractivity contribution in [1.82, 2.24) is 4.98 Å². The Morgan fingerprint density at radius 1 is 1.09 bits per heavy atom. The first kappa shape index (κ1) is 21.8. The van der Waals surface area contributed by atoms with Gasteiger partial charge in [0.25, 0.3) is 0 Å². The number of anilines is 1. The Labute approximate surface area is 191 Å². The van der Waals surface area contributed by atoms with Gasteiger partial charge in [-0.2, -0.15) is 0 Å². The Kier molecular flexibility index (Phi) is 5.95. The highest BCUT2D eigenvalue weighted by Gasteiger charge is 2.30. The van der Waals surface area contributed by atoms with Crippen LogP contribution in [0.2, 0.25) is 0 Å². The zero-order chi connectivity index (χ0) is 23.5. The highest BCUT2D eigenvalue weighted by molar-refractivity contribution is 5.95. The van der Waals surface area contributed by atoms with Crippen molar-refractivity contribution in [3.05, 3.63) is 88.2 Å². The van der Waals surface area contributed by atoms with E-state index in [9.17, 15) is 4.79 Å². The van der Waals surface area contributed by atoms with Crippen molar-refractivity contribution in [3.8, 4) is 5.75 Å². The van der Waals surface area contributed by atoms with Crippen molar-refractivity contribution >= 4 is 23.5 Å². The highest BCUT2D eigenvalue weighted by Crippen LogP contribution is 2.36. The molecule has 9 nitrogen and oxygen atoms in total. The smallest absolute Gasteiger partial charge is 0.414 e. The molecule has 0 fully saturated rings. The molecule has 1 amide bonds. The van der Waals surface area contributed by atoms with Gasteiger partial charge in [0, 0.05) is 11.1 Å². The fourth-order valence-electron chi connectivity index (χ4n) is 3.61. The number of amides is 1. The van der Waals surface area contributed by atoms with Crippen LogP contribution >= 0.6 is 0 Å². The first-order valence-corrected chi connectivity index (χ1v) is 10.3. The molecule has 2 aromatic carbocycles. The number of carbonyl (C=O) groups is 1. The summed E-state index contributed by atoms with van der Waals surface area (Å²) in [4.78, 5) is 18.5. The Morgan fingerprint density at radius 2 is 1.82 bits per heavy atom. The van der Waals surface area contributed by atoms with Crippen LogP contribution in [-0.2, 0) is 24.5 Å². The lowest BCUT2D eigenvalue weighted by atomic mass is 10.1. The number of amidine groups is 2. The molecule has 1 aromatic heterocycles. The number of nitrogens with zero attached hydrogens (tertiary/aromatic N) is 2. The minimum absolute atomic E-state index is 0.00863. The van der Waals surface area contributed by atoms with Crippen LogP contribution in [0.15, 0.2) is 54.7 Å². The third-order valence-electron chi connectivity index (χ3n) is 5.37. The van der Waals surface area contributed by atoms with Crippen molar-refractivity contribution in [2.45, 2.75) is 26.7 Å². The van der Waals surface area contributed by atoms with E-state index >= 15 is 0 Å². The van der Waals surface area contributed by atoms with Gasteiger partial charge in [-0.1, -0.05) is 42.5 Å². The predicted octanol–water partition coefficient (Wildman–Crippen LogP) is 3.19. The van der Waals surface area contributed by atoms with Gasteiger partial charge in [0.15, 0.2) is 0 Å². The molecule has 0 unspecified atom stereocenters. The van der Waals surface area contributed by atoms with Crippen LogP contribution in [0, 0.1) is 17.7 Å². The van der Waals surface area contributed by atoms with E-state index < -0.39 is 6.09 Å². The van der Waals surface area contributed by atoms with Gasteiger partial charge in [0.1, 0.15) is 30.6 Å². The number of benzene rings is 2. The fraction of sp³-hybridized carbons (Fsp3) is 0.167. The average molecular weight is 444 g/mol. The molecule has 33 heavy (non-hydrogen) atoms. The van der Waals surface area contributed by atoms with Gasteiger partial charge in [-0.05, 0) is 24.1 Å². The lowest BCUT2D eigenvalue weighted by Crippen LogP contribution is -2.35. The van der Waals surface area contributed by atoms with E-state index in [1.807, 2.05) is 31.2 Å². The molecule has 6 N–H and O–H groups in total. The van der Waals surface area contributed by atoms with Crippen LogP contribution in [0.4, 0.5) is 10.5 Å². The number of rotatable bonds is 7. The third kappa shape index (κ3) is 4.62. The molecule has 168 valence electrons. The van der Waals surface area contributed by atoms with E-state index in [2.05, 4.69) is 4.98 Å². The minimum atomic E-state index is -0.469. The summed E-state index contributed by atoms with van der Waals surface area (Å²) in [6.07, 6.45) is 1.18. The zero-order valence-corrected chi connectivity index (χ0v) is 18.1. The van der Waals surface area contributed by atoms with Crippen molar-refractivity contribution in [2.24, 2.45) is 11.5 Å². The summed E-state index contributed by atoms with van der Waals surface area (Å²) in [6, 6.07) is 14.4. The Morgan fingerprint density at radius 3 is 2.52 bits per heavy atom. The van der Waals surface area contributed by atoms with Crippen molar-refractivity contribution in [2.75, 3.05) is 4.90 Å². The van der Waals surface area contributed by atoms with E-state index in [1.165, 1.54) is 4.90 Å². The number of fused-ring (bicyclic) bond motifs is 1. The summed E-state index contributed by atoms with van der Waals surface area (Å²) in [5.74, 6) is 0.537. The number of carbonyl (C=O) groups excluding carboxylic acids is 1. The molecule has 3 aromatic rings. The standard InChI is InChI=1S/C24H24N6O3/c1-14-21(32-12-16-3-2-4-18(9-16)23(27)28)19-13-33-24(31)30(20(19)10-29-14)11-15-5-7-17(8-6-15)22(25)26/h2-10H,11-13H2,1H3,(H3,25,26)(H3,27,28). The van der Waals surface area contributed by atoms with Gasteiger partial charge in [0.2, 0.25) is 0 Å². The van der Waals surface area contributed by atoms with Crippen LogP contribution in [0.25, 0.3) is 0 Å². The number of nitrogens with one attached hydrogen (secondary N) is 2. The molecular weight excluding hydrogens is 420 g/mol. The van der Waals surface area contributed by atoms with Gasteiger partial charge in [-0.25, -0.2) is 4.79 Å². The number of nitrogen functional groups attached to an aromatic ring is 2. The summed E-state index contributed by atoms with van der Waals surface area (Å²) in [5, 5.41) is 15.1. The Hall–Kier alpha value is -4.40. The van der Waals surface area contributed by atoms with Gasteiger partial charge in [-0.3, -0.25) is 20.7 Å². The number of aromatic nitrogens is 1. The molecule has 0 atom stereocenters. The second kappa shape index (κ2) is 8.99. The van der Waals surface area contributed by atoms with E-state index in [4.69, 9.17) is 31.8 Å². The number of pyridine rings is 1. The first-order chi connectivity index (χ1) is 15.8. The maximum absolute atomic E-state index is 12.6. The second-order valence-electron chi connectivity index (χ2n) is 7.69. The van der Waals surface area contributed by atoms with Crippen LogP contribution in [-0.4, -0.2) is 22.7 Å². The SMILES string of the molecule is Cc1ncc2c(c1OCc1cccc(C(=N)N)c1)COC(=O)N2Cc1ccc(C(=N)N)cc1. The molecule has 2 heterocycles. The number of ether oxygens (including phenoxy) is 2. The largest absolute Gasteiger partial charge is 0.486 e. The van der Waals surface area contributed by atoms with Gasteiger partial charge in [-0.15, -0.1) is 0 Å². The molecular formula is C24H24N6O3. The maximum Gasteiger partial charge on any atom is 0.414 e. The van der Waals surface area contributed by atoms with E-state index in [0.717, 1.165) is 16.7 Å². The molecule has 0 radical (unpaired) electrons. The first-order valence-electron chi connectivity index (χ1n) is 10.3. The summed E-state index contributed by atoms with van der Waals surface area (Å²) < 4.78 is 11.5. The molecule has 1 aliphatic rings. The molecule has 0 saturated carbocycles. The topological polar surface area (TPSA) is 151 Å². The monoisotopic (exact) mass is 444 g/mol. The van der Waals surface area contributed by atoms with E-state index in [1.54, 1.807) is 30.5 Å². The second-order valence-corrected chi connectivity index (χ2v) is 7.69. The summed E-state index contributed by atoms with van der Waals surface area (Å²) in [6.45, 7) is 2.44. The van der Waals surface area contributed by atoms with Crippen LogP contribution < -0.4 is 21.1 Å². The van der Waals surface area contributed by atoms with Crippen molar-refractivity contribution < 1.29 is 14.3 Å². The highest BCUT2D eigenvalue weighted by atomic mass is 16.6. The molecule has 0 spiro atoms. The Bertz CT molecular complexity index is 1240. The van der Waals surface area contributed by atoms with Crippen molar-refractivity contribution in [1.29, 1.82) is 10.8 Å². The summed E-state index contributed by atoms with van der Waals surface area (Å²) in [7, 11) is 0. The van der Waals surface area contributed by atoms with Crippen LogP contribution in [0.5, 0.6) is 5.75 Å². The van der Waals surface area contributed by atoms with E-state index in [0.29, 0.717) is 28.3 Å². The number of nitrogens with two attached hydrogens (primary N) is 2. The van der Waals surface area contributed by atoms with Crippen molar-refractivity contribution in [3.63, 3.8) is 0 Å². The normalized spacial score (nSPS) is 12.6. The number of aryl methyl sites for hydroxylation is 1. The zero-order valence-electron chi connectivity index (χ0n) is 18.1. The molecule has 4 rings (SSSR count). The lowest BCUT2D eigenvalue weighted by molar-refractivity contribution is 0.139. The van der Waals surface area contributed by atoms with Gasteiger partial charge >= 0.3 is 6.09 Å². The average Bonchev–Trinajstić information content (AvgIpc) is 2.80. The number of cyclic esters (lactones) is 1. The van der Waals surface area contributed by atoms with Gasteiger partial charge in [0.05, 0.1) is 29.7 Å². The molecule has 0 aliphatic carbocycles. The van der Waals surface area contributed by atoms with E-state index in [-0.39, 0.29) is 31.4 Å². The lowest BCUT2D eigenvalue weighted by Gasteiger charge is -2.30. The fourth-order valence-corrected chi connectivity index (χ4v) is 3.61. The molecule has 9 heteroatoms. The quantitative estimate of drug-likeness (QED) is 0.324.